The van der Waals surface area contributed by atoms with Crippen LogP contribution < -0.4 is 0 Å². The molecule has 1 aromatic carbocycles. The maximum absolute atomic E-state index is 5.64. The van der Waals surface area contributed by atoms with E-state index < -0.39 is 0 Å². The summed E-state index contributed by atoms with van der Waals surface area (Å²) in [6.45, 7) is 12.4. The maximum atomic E-state index is 5.64. The van der Waals surface area contributed by atoms with E-state index in [9.17, 15) is 0 Å². The van der Waals surface area contributed by atoms with Crippen LogP contribution in [-0.2, 0) is 5.41 Å². The summed E-state index contributed by atoms with van der Waals surface area (Å²) in [6, 6.07) is 6.22. The van der Waals surface area contributed by atoms with Gasteiger partial charge in [0.05, 0.1) is 0 Å². The molecule has 0 atom stereocenters. The third kappa shape index (κ3) is 2.36. The smallest absolute Gasteiger partial charge is 0.0321 e. The number of hydrogen-bond acceptors (Lipinski definition) is 0. The molecule has 0 amide bonds. The van der Waals surface area contributed by atoms with Crippen LogP contribution in [0.25, 0.3) is 0 Å². The zero-order valence-corrected chi connectivity index (χ0v) is 10.6. The first-order valence-corrected chi connectivity index (χ1v) is 5.48. The average molecular weight is 211 g/mol. The van der Waals surface area contributed by atoms with Crippen molar-refractivity contribution in [2.24, 2.45) is 0 Å². The highest BCUT2D eigenvalue weighted by Gasteiger charge is 2.20. The fraction of sp³-hybridized carbons (Fsp3) is 0.312. The van der Waals surface area contributed by atoms with E-state index in [1.54, 1.807) is 0 Å². The predicted octanol–water partition coefficient (Wildman–Crippen LogP) is 4.09. The molecule has 0 heteroatoms. The lowest BCUT2D eigenvalue weighted by Crippen LogP contribution is -2.15. The van der Waals surface area contributed by atoms with Crippen molar-refractivity contribution in [3.8, 4) is 12.3 Å². The Bertz CT molecular complexity index is 424. The monoisotopic (exact) mass is 211 g/mol. The van der Waals surface area contributed by atoms with Crippen molar-refractivity contribution in [1.29, 1.82) is 0 Å². The summed E-state index contributed by atoms with van der Waals surface area (Å²) in [7, 11) is 0. The summed E-state index contributed by atoms with van der Waals surface area (Å²) in [6.07, 6.45) is 7.49. The van der Waals surface area contributed by atoms with Gasteiger partial charge in [0.25, 0.3) is 0 Å². The van der Waals surface area contributed by atoms with Crippen molar-refractivity contribution in [3.05, 3.63) is 53.5 Å². The van der Waals surface area contributed by atoms with Crippen LogP contribution in [0, 0.1) is 18.3 Å². The van der Waals surface area contributed by atoms with E-state index in [2.05, 4.69) is 51.5 Å². The van der Waals surface area contributed by atoms with Crippen LogP contribution in [0.2, 0.25) is 0 Å². The fourth-order valence-electron chi connectivity index (χ4n) is 1.77. The van der Waals surface area contributed by atoms with Crippen LogP contribution in [0.5, 0.6) is 0 Å². The highest BCUT2D eigenvalue weighted by Crippen LogP contribution is 2.30. The van der Waals surface area contributed by atoms with Crippen molar-refractivity contribution < 1.29 is 0 Å². The van der Waals surface area contributed by atoms with Gasteiger partial charge in [-0.1, -0.05) is 57.9 Å². The largest absolute Gasteiger partial charge is 0.115 e. The van der Waals surface area contributed by atoms with Gasteiger partial charge in [-0.2, -0.15) is 0 Å². The fourth-order valence-corrected chi connectivity index (χ4v) is 1.77. The van der Waals surface area contributed by atoms with Gasteiger partial charge in [-0.25, -0.2) is 0 Å². The van der Waals surface area contributed by atoms with Crippen LogP contribution in [-0.4, -0.2) is 0 Å². The van der Waals surface area contributed by atoms with Gasteiger partial charge < -0.3 is 0 Å². The lowest BCUT2D eigenvalue weighted by molar-refractivity contribution is 0.588. The van der Waals surface area contributed by atoms with Gasteiger partial charge in [0.2, 0.25) is 0 Å². The van der Waals surface area contributed by atoms with Gasteiger partial charge in [0.15, 0.2) is 0 Å². The number of rotatable bonds is 2. The van der Waals surface area contributed by atoms with E-state index in [0.717, 1.165) is 17.0 Å². The summed E-state index contributed by atoms with van der Waals surface area (Å²) < 4.78 is 0. The topological polar surface area (TPSA) is 0 Å². The first-order valence-electron chi connectivity index (χ1n) is 5.48. The molecular weight excluding hydrogens is 192 g/mol. The zero-order valence-electron chi connectivity index (χ0n) is 10.6. The average Bonchev–Trinajstić information content (AvgIpc) is 2.25. The van der Waals surface area contributed by atoms with Crippen molar-refractivity contribution in [2.45, 2.75) is 33.1 Å². The zero-order chi connectivity index (χ0) is 12.3. The SMILES string of the molecule is C#Cc1c([C](C)C=C)cccc1C(C)(C)C. The van der Waals surface area contributed by atoms with E-state index in [1.807, 2.05) is 13.0 Å². The standard InChI is InChI=1S/C16H19/c1-7-12(3)14-10-9-11-15(13(14)8-2)16(4,5)6/h2,7,9-11H,1H2,3-6H3. The second-order valence-corrected chi connectivity index (χ2v) is 5.01. The van der Waals surface area contributed by atoms with Gasteiger partial charge >= 0.3 is 0 Å². The Morgan fingerprint density at radius 3 is 2.44 bits per heavy atom. The Labute approximate surface area is 99.4 Å². The van der Waals surface area contributed by atoms with Crippen LogP contribution in [0.3, 0.4) is 0 Å². The second-order valence-electron chi connectivity index (χ2n) is 5.01. The molecule has 0 saturated carbocycles. The summed E-state index contributed by atoms with van der Waals surface area (Å²) in [5.41, 5.74) is 3.39. The van der Waals surface area contributed by atoms with E-state index >= 15 is 0 Å². The quantitative estimate of drug-likeness (QED) is 0.646. The highest BCUT2D eigenvalue weighted by atomic mass is 14.2. The van der Waals surface area contributed by atoms with Crippen molar-refractivity contribution in [3.63, 3.8) is 0 Å². The van der Waals surface area contributed by atoms with Crippen molar-refractivity contribution in [1.82, 2.24) is 0 Å². The summed E-state index contributed by atoms with van der Waals surface area (Å²) in [5.74, 6) is 3.94. The van der Waals surface area contributed by atoms with Gasteiger partial charge in [-0.3, -0.25) is 0 Å². The lowest BCUT2D eigenvalue weighted by atomic mass is 9.80. The molecular formula is C16H19. The van der Waals surface area contributed by atoms with Crippen LogP contribution >= 0.6 is 0 Å². The molecule has 0 aromatic heterocycles. The highest BCUT2D eigenvalue weighted by molar-refractivity contribution is 5.55. The maximum Gasteiger partial charge on any atom is 0.0321 e. The second kappa shape index (κ2) is 4.58. The van der Waals surface area contributed by atoms with E-state index in [1.165, 1.54) is 5.56 Å². The first kappa shape index (κ1) is 12.6. The molecule has 0 N–H and O–H groups in total. The first-order chi connectivity index (χ1) is 7.41. The molecule has 1 aromatic rings. The predicted molar refractivity (Wildman–Crippen MR) is 71.3 cm³/mol. The van der Waals surface area contributed by atoms with Gasteiger partial charge in [-0.15, -0.1) is 13.0 Å². The number of hydrogen-bond donors (Lipinski definition) is 0. The molecule has 1 radical (unpaired) electrons. The summed E-state index contributed by atoms with van der Waals surface area (Å²) in [5, 5.41) is 0. The Morgan fingerprint density at radius 1 is 1.38 bits per heavy atom. The third-order valence-electron chi connectivity index (χ3n) is 2.75. The minimum atomic E-state index is 0.0686. The third-order valence-corrected chi connectivity index (χ3v) is 2.75. The molecule has 0 unspecified atom stereocenters. The Morgan fingerprint density at radius 2 is 2.00 bits per heavy atom. The molecule has 0 heterocycles. The summed E-state index contributed by atoms with van der Waals surface area (Å²) >= 11 is 0. The van der Waals surface area contributed by atoms with Crippen LogP contribution in [0.15, 0.2) is 30.9 Å². The molecule has 0 bridgehead atoms. The molecule has 0 spiro atoms. The van der Waals surface area contributed by atoms with Gasteiger partial charge in [0.1, 0.15) is 0 Å². The molecule has 83 valence electrons. The molecule has 0 aliphatic rings. The van der Waals surface area contributed by atoms with E-state index in [0.29, 0.717) is 0 Å². The van der Waals surface area contributed by atoms with Crippen LogP contribution in [0.4, 0.5) is 0 Å². The Hall–Kier alpha value is -1.48. The number of benzene rings is 1. The molecule has 1 rings (SSSR count). The van der Waals surface area contributed by atoms with E-state index in [4.69, 9.17) is 6.42 Å². The number of allylic oxidation sites excluding steroid dienone is 1. The molecule has 0 saturated heterocycles. The minimum absolute atomic E-state index is 0.0686. The number of terminal acetylenes is 1. The molecule has 0 nitrogen and oxygen atoms in total. The summed E-state index contributed by atoms with van der Waals surface area (Å²) in [4.78, 5) is 0. The van der Waals surface area contributed by atoms with Crippen molar-refractivity contribution >= 4 is 0 Å². The van der Waals surface area contributed by atoms with Gasteiger partial charge in [0, 0.05) is 11.5 Å². The van der Waals surface area contributed by atoms with Crippen LogP contribution in [0.1, 0.15) is 44.4 Å². The van der Waals surface area contributed by atoms with Crippen molar-refractivity contribution in [2.75, 3.05) is 0 Å². The molecule has 0 aliphatic heterocycles. The minimum Gasteiger partial charge on any atom is -0.115 e. The normalized spacial score (nSPS) is 11.2. The van der Waals surface area contributed by atoms with E-state index in [-0.39, 0.29) is 5.41 Å². The molecule has 0 aliphatic carbocycles. The Kier molecular flexibility index (Phi) is 3.60. The lowest BCUT2D eigenvalue weighted by Gasteiger charge is -2.23. The Balaban J connectivity index is 3.45. The molecule has 16 heavy (non-hydrogen) atoms. The van der Waals surface area contributed by atoms with Gasteiger partial charge in [-0.05, 0) is 16.5 Å². The molecule has 0 fully saturated rings.